The van der Waals surface area contributed by atoms with E-state index in [2.05, 4.69) is 9.82 Å². The maximum absolute atomic E-state index is 13.2. The highest BCUT2D eigenvalue weighted by molar-refractivity contribution is 7.92. The SMILES string of the molecule is O=S(=O)(Nc1cnn(CC2COc3ccccc3O2)c1)c1ccc(F)c(Cl)c1. The summed E-state index contributed by atoms with van der Waals surface area (Å²) >= 11 is 5.66. The van der Waals surface area contributed by atoms with Crippen LogP contribution in [0.25, 0.3) is 0 Å². The Bertz CT molecular complexity index is 1120. The Balaban J connectivity index is 1.44. The van der Waals surface area contributed by atoms with Crippen molar-refractivity contribution in [3.63, 3.8) is 0 Å². The third-order valence-electron chi connectivity index (χ3n) is 4.05. The Hall–Kier alpha value is -2.78. The molecule has 1 N–H and O–H groups in total. The molecule has 10 heteroatoms. The number of hydrogen-bond donors (Lipinski definition) is 1. The van der Waals surface area contributed by atoms with Gasteiger partial charge in [0.2, 0.25) is 0 Å². The van der Waals surface area contributed by atoms with E-state index in [4.69, 9.17) is 21.1 Å². The van der Waals surface area contributed by atoms with E-state index in [0.29, 0.717) is 24.7 Å². The molecular weight excluding hydrogens is 409 g/mol. The molecule has 2 aromatic carbocycles. The summed E-state index contributed by atoms with van der Waals surface area (Å²) in [5.74, 6) is 0.648. The lowest BCUT2D eigenvalue weighted by molar-refractivity contribution is 0.0759. The summed E-state index contributed by atoms with van der Waals surface area (Å²) < 4.78 is 53.6. The number of benzene rings is 2. The van der Waals surface area contributed by atoms with E-state index in [1.807, 2.05) is 24.3 Å². The first-order valence-electron chi connectivity index (χ1n) is 8.29. The summed E-state index contributed by atoms with van der Waals surface area (Å²) in [4.78, 5) is -0.146. The van der Waals surface area contributed by atoms with Gasteiger partial charge in [-0.05, 0) is 30.3 Å². The van der Waals surface area contributed by atoms with Gasteiger partial charge in [-0.25, -0.2) is 12.8 Å². The summed E-state index contributed by atoms with van der Waals surface area (Å²) in [6.45, 7) is 0.727. The molecule has 1 aromatic heterocycles. The van der Waals surface area contributed by atoms with Crippen LogP contribution in [0, 0.1) is 5.82 Å². The third kappa shape index (κ3) is 3.90. The van der Waals surface area contributed by atoms with Crippen LogP contribution in [-0.2, 0) is 16.6 Å². The number of halogens is 2. The highest BCUT2D eigenvalue weighted by Gasteiger charge is 2.22. The molecule has 4 rings (SSSR count). The van der Waals surface area contributed by atoms with E-state index < -0.39 is 15.8 Å². The maximum atomic E-state index is 13.2. The average molecular weight is 424 g/mol. The second-order valence-electron chi connectivity index (χ2n) is 6.13. The van der Waals surface area contributed by atoms with Crippen molar-refractivity contribution in [2.75, 3.05) is 11.3 Å². The van der Waals surface area contributed by atoms with Gasteiger partial charge in [-0.1, -0.05) is 23.7 Å². The van der Waals surface area contributed by atoms with E-state index in [9.17, 15) is 12.8 Å². The van der Waals surface area contributed by atoms with Crippen molar-refractivity contribution in [3.8, 4) is 11.5 Å². The van der Waals surface area contributed by atoms with Crippen molar-refractivity contribution in [2.45, 2.75) is 17.5 Å². The molecule has 0 fully saturated rings. The first kappa shape index (κ1) is 18.6. The Labute approximate surface area is 165 Å². The van der Waals surface area contributed by atoms with E-state index in [1.165, 1.54) is 12.4 Å². The fourth-order valence-corrected chi connectivity index (χ4v) is 4.03. The molecule has 1 unspecified atom stereocenters. The first-order chi connectivity index (χ1) is 13.4. The quantitative estimate of drug-likeness (QED) is 0.680. The van der Waals surface area contributed by atoms with Gasteiger partial charge in [-0.3, -0.25) is 9.40 Å². The van der Waals surface area contributed by atoms with Gasteiger partial charge in [0.25, 0.3) is 10.0 Å². The van der Waals surface area contributed by atoms with Crippen LogP contribution >= 0.6 is 11.6 Å². The molecule has 0 bridgehead atoms. The minimum Gasteiger partial charge on any atom is -0.486 e. The van der Waals surface area contributed by atoms with Crippen molar-refractivity contribution in [1.29, 1.82) is 0 Å². The zero-order valence-electron chi connectivity index (χ0n) is 14.4. The number of aromatic nitrogens is 2. The molecule has 0 saturated heterocycles. The summed E-state index contributed by atoms with van der Waals surface area (Å²) in [5, 5.41) is 3.87. The summed E-state index contributed by atoms with van der Waals surface area (Å²) in [6, 6.07) is 10.5. The van der Waals surface area contributed by atoms with Crippen LogP contribution < -0.4 is 14.2 Å². The minimum absolute atomic E-state index is 0.146. The van der Waals surface area contributed by atoms with E-state index in [1.54, 1.807) is 4.68 Å². The average Bonchev–Trinajstić information content (AvgIpc) is 3.09. The van der Waals surface area contributed by atoms with Gasteiger partial charge in [0.1, 0.15) is 12.4 Å². The molecule has 3 aromatic rings. The molecule has 0 amide bonds. The summed E-state index contributed by atoms with van der Waals surface area (Å²) in [6.07, 6.45) is 2.64. The van der Waals surface area contributed by atoms with E-state index in [-0.39, 0.29) is 21.7 Å². The number of para-hydroxylation sites is 2. The van der Waals surface area contributed by atoms with Crippen LogP contribution in [0.4, 0.5) is 10.1 Å². The van der Waals surface area contributed by atoms with E-state index in [0.717, 1.165) is 18.2 Å². The van der Waals surface area contributed by atoms with E-state index >= 15 is 0 Å². The largest absolute Gasteiger partial charge is 0.486 e. The van der Waals surface area contributed by atoms with Crippen LogP contribution in [0.15, 0.2) is 59.8 Å². The van der Waals surface area contributed by atoms with Crippen LogP contribution in [0.5, 0.6) is 11.5 Å². The highest BCUT2D eigenvalue weighted by Crippen LogP contribution is 2.31. The van der Waals surface area contributed by atoms with Crippen molar-refractivity contribution in [1.82, 2.24) is 9.78 Å². The summed E-state index contributed by atoms with van der Waals surface area (Å²) in [7, 11) is -3.92. The molecule has 0 radical (unpaired) electrons. The van der Waals surface area contributed by atoms with Crippen LogP contribution in [0.3, 0.4) is 0 Å². The molecule has 1 aliphatic heterocycles. The molecule has 2 heterocycles. The number of sulfonamides is 1. The molecule has 0 aliphatic carbocycles. The molecule has 1 atom stereocenters. The van der Waals surface area contributed by atoms with Gasteiger partial charge in [0, 0.05) is 6.20 Å². The lowest BCUT2D eigenvalue weighted by Crippen LogP contribution is -2.33. The number of fused-ring (bicyclic) bond motifs is 1. The second kappa shape index (κ2) is 7.33. The maximum Gasteiger partial charge on any atom is 0.262 e. The smallest absolute Gasteiger partial charge is 0.262 e. The van der Waals surface area contributed by atoms with Crippen molar-refractivity contribution in [3.05, 3.63) is 65.7 Å². The highest BCUT2D eigenvalue weighted by atomic mass is 35.5. The number of anilines is 1. The van der Waals surface area contributed by atoms with Gasteiger partial charge >= 0.3 is 0 Å². The van der Waals surface area contributed by atoms with Gasteiger partial charge in [-0.15, -0.1) is 0 Å². The van der Waals surface area contributed by atoms with Crippen LogP contribution in [0.2, 0.25) is 5.02 Å². The summed E-state index contributed by atoms with van der Waals surface area (Å²) in [5.41, 5.74) is 0.262. The Morgan fingerprint density at radius 1 is 1.25 bits per heavy atom. The number of ether oxygens (including phenoxy) is 2. The molecule has 1 aliphatic rings. The Morgan fingerprint density at radius 2 is 2.04 bits per heavy atom. The Kier molecular flexibility index (Phi) is 4.86. The topological polar surface area (TPSA) is 82.5 Å². The van der Waals surface area contributed by atoms with Gasteiger partial charge in [0.05, 0.1) is 28.3 Å². The molecule has 0 saturated carbocycles. The Morgan fingerprint density at radius 3 is 2.82 bits per heavy atom. The standard InChI is InChI=1S/C18H15ClFN3O4S/c19-15-7-14(5-6-16(15)20)28(24,25)22-12-8-21-23(9-12)10-13-11-26-17-3-1-2-4-18(17)27-13/h1-9,13,22H,10-11H2. The zero-order valence-corrected chi connectivity index (χ0v) is 16.0. The molecule has 0 spiro atoms. The second-order valence-corrected chi connectivity index (χ2v) is 8.22. The van der Waals surface area contributed by atoms with Gasteiger partial charge in [0.15, 0.2) is 17.6 Å². The lowest BCUT2D eigenvalue weighted by atomic mass is 10.2. The fourth-order valence-electron chi connectivity index (χ4n) is 2.74. The number of nitrogens with one attached hydrogen (secondary N) is 1. The lowest BCUT2D eigenvalue weighted by Gasteiger charge is -2.26. The molecule has 7 nitrogen and oxygen atoms in total. The predicted molar refractivity (Wildman–Crippen MR) is 101 cm³/mol. The van der Waals surface area contributed by atoms with Crippen molar-refractivity contribution >= 4 is 27.3 Å². The van der Waals surface area contributed by atoms with Gasteiger partial charge in [-0.2, -0.15) is 5.10 Å². The van der Waals surface area contributed by atoms with Crippen LogP contribution in [0.1, 0.15) is 0 Å². The number of nitrogens with zero attached hydrogens (tertiary/aromatic N) is 2. The molecule has 146 valence electrons. The van der Waals surface area contributed by atoms with Crippen molar-refractivity contribution in [2.24, 2.45) is 0 Å². The monoisotopic (exact) mass is 423 g/mol. The van der Waals surface area contributed by atoms with Crippen molar-refractivity contribution < 1.29 is 22.3 Å². The molecular formula is C18H15ClFN3O4S. The third-order valence-corrected chi connectivity index (χ3v) is 5.71. The fraction of sp³-hybridized carbons (Fsp3) is 0.167. The number of hydrogen-bond acceptors (Lipinski definition) is 5. The normalized spacial score (nSPS) is 16.0. The zero-order chi connectivity index (χ0) is 19.7. The first-order valence-corrected chi connectivity index (χ1v) is 10.2. The number of rotatable bonds is 5. The van der Waals surface area contributed by atoms with Gasteiger partial charge < -0.3 is 9.47 Å². The predicted octanol–water partition coefficient (Wildman–Crippen LogP) is 3.32. The van der Waals surface area contributed by atoms with Crippen LogP contribution in [-0.4, -0.2) is 30.9 Å². The minimum atomic E-state index is -3.92. The molecule has 28 heavy (non-hydrogen) atoms.